The Bertz CT molecular complexity index is 567. The van der Waals surface area contributed by atoms with Gasteiger partial charge in [-0.3, -0.25) is 0 Å². The molecule has 0 saturated carbocycles. The van der Waals surface area contributed by atoms with Gasteiger partial charge in [0.1, 0.15) is 5.76 Å². The van der Waals surface area contributed by atoms with Crippen LogP contribution in [0.3, 0.4) is 0 Å². The van der Waals surface area contributed by atoms with Crippen LogP contribution in [0.1, 0.15) is 37.6 Å². The zero-order valence-corrected chi connectivity index (χ0v) is 14.5. The number of furan rings is 1. The molecule has 0 fully saturated rings. The van der Waals surface area contributed by atoms with E-state index in [-0.39, 0.29) is 0 Å². The summed E-state index contributed by atoms with van der Waals surface area (Å²) in [5, 5.41) is 3.55. The van der Waals surface area contributed by atoms with Gasteiger partial charge in [-0.05, 0) is 56.6 Å². The Balaban J connectivity index is 2.25. The first kappa shape index (κ1) is 15.7. The van der Waals surface area contributed by atoms with Crippen LogP contribution in [-0.4, -0.2) is 6.54 Å². The summed E-state index contributed by atoms with van der Waals surface area (Å²) in [5.74, 6) is 0.970. The molecule has 1 N–H and O–H groups in total. The molecule has 1 atom stereocenters. The predicted octanol–water partition coefficient (Wildman–Crippen LogP) is 5.56. The molecule has 20 heavy (non-hydrogen) atoms. The number of hydrogen-bond acceptors (Lipinski definition) is 3. The highest BCUT2D eigenvalue weighted by Crippen LogP contribution is 2.36. The highest BCUT2D eigenvalue weighted by atomic mass is 79.9. The standard InChI is InChI=1S/C16H20BrNOS/c1-4-8-18-11(2)14-10-13(17)5-6-16(14)20-15-7-9-19-12(15)3/h5-7,9-11,18H,4,8H2,1-3H3. The maximum atomic E-state index is 5.38. The average Bonchev–Trinajstić information content (AvgIpc) is 2.83. The van der Waals surface area contributed by atoms with Crippen molar-refractivity contribution >= 4 is 27.7 Å². The topological polar surface area (TPSA) is 25.2 Å². The number of aryl methyl sites for hydroxylation is 1. The molecular weight excluding hydrogens is 334 g/mol. The van der Waals surface area contributed by atoms with Gasteiger partial charge in [0.05, 0.1) is 11.2 Å². The van der Waals surface area contributed by atoms with Crippen molar-refractivity contribution in [2.45, 2.75) is 43.0 Å². The van der Waals surface area contributed by atoms with E-state index in [0.29, 0.717) is 6.04 Å². The molecule has 4 heteroatoms. The molecule has 0 amide bonds. The van der Waals surface area contributed by atoms with Gasteiger partial charge >= 0.3 is 0 Å². The van der Waals surface area contributed by atoms with Crippen LogP contribution in [0.5, 0.6) is 0 Å². The van der Waals surface area contributed by atoms with Crippen molar-refractivity contribution in [3.63, 3.8) is 0 Å². The Morgan fingerprint density at radius 2 is 2.10 bits per heavy atom. The van der Waals surface area contributed by atoms with E-state index in [4.69, 9.17) is 4.42 Å². The molecule has 1 unspecified atom stereocenters. The fourth-order valence-electron chi connectivity index (χ4n) is 2.02. The van der Waals surface area contributed by atoms with Gasteiger partial charge in [-0.1, -0.05) is 34.6 Å². The van der Waals surface area contributed by atoms with Gasteiger partial charge in [0, 0.05) is 15.4 Å². The van der Waals surface area contributed by atoms with Gasteiger partial charge in [0.2, 0.25) is 0 Å². The maximum Gasteiger partial charge on any atom is 0.114 e. The summed E-state index contributed by atoms with van der Waals surface area (Å²) < 4.78 is 6.50. The highest BCUT2D eigenvalue weighted by Gasteiger charge is 2.13. The molecule has 0 aliphatic heterocycles. The summed E-state index contributed by atoms with van der Waals surface area (Å²) in [5.41, 5.74) is 1.32. The summed E-state index contributed by atoms with van der Waals surface area (Å²) in [4.78, 5) is 2.45. The normalized spacial score (nSPS) is 12.6. The Kier molecular flexibility index (Phi) is 5.75. The molecule has 0 bridgehead atoms. The molecule has 2 rings (SSSR count). The predicted molar refractivity (Wildman–Crippen MR) is 88.4 cm³/mol. The SMILES string of the molecule is CCCNC(C)c1cc(Br)ccc1Sc1ccoc1C. The number of nitrogens with one attached hydrogen (secondary N) is 1. The molecule has 1 heterocycles. The Labute approximate surface area is 133 Å². The largest absolute Gasteiger partial charge is 0.468 e. The lowest BCUT2D eigenvalue weighted by Gasteiger charge is -2.18. The first-order chi connectivity index (χ1) is 9.61. The molecule has 0 saturated heterocycles. The molecule has 108 valence electrons. The number of hydrogen-bond donors (Lipinski definition) is 1. The second-order valence-corrected chi connectivity index (χ2v) is 6.80. The van der Waals surface area contributed by atoms with E-state index in [1.54, 1.807) is 18.0 Å². The van der Waals surface area contributed by atoms with E-state index in [1.807, 2.05) is 13.0 Å². The van der Waals surface area contributed by atoms with Gasteiger partial charge in [0.25, 0.3) is 0 Å². The number of rotatable bonds is 6. The quantitative estimate of drug-likeness (QED) is 0.735. The second-order valence-electron chi connectivity index (χ2n) is 4.80. The third-order valence-corrected chi connectivity index (χ3v) is 4.90. The zero-order valence-electron chi connectivity index (χ0n) is 12.1. The van der Waals surface area contributed by atoms with Crippen LogP contribution in [0.25, 0.3) is 0 Å². The average molecular weight is 354 g/mol. The highest BCUT2D eigenvalue weighted by molar-refractivity contribution is 9.10. The molecule has 1 aromatic heterocycles. The minimum atomic E-state index is 0.335. The Hall–Kier alpha value is -0.710. The van der Waals surface area contributed by atoms with Gasteiger partial charge in [-0.25, -0.2) is 0 Å². The Morgan fingerprint density at radius 3 is 2.75 bits per heavy atom. The maximum absolute atomic E-state index is 5.38. The van der Waals surface area contributed by atoms with Crippen LogP contribution in [0, 0.1) is 6.92 Å². The zero-order chi connectivity index (χ0) is 14.5. The van der Waals surface area contributed by atoms with Crippen molar-refractivity contribution in [1.82, 2.24) is 5.32 Å². The summed E-state index contributed by atoms with van der Waals surface area (Å²) >= 11 is 5.33. The third kappa shape index (κ3) is 3.90. The van der Waals surface area contributed by atoms with Crippen molar-refractivity contribution < 1.29 is 4.42 Å². The monoisotopic (exact) mass is 353 g/mol. The summed E-state index contributed by atoms with van der Waals surface area (Å²) in [6.45, 7) is 7.43. The van der Waals surface area contributed by atoms with Crippen molar-refractivity contribution in [2.75, 3.05) is 6.54 Å². The van der Waals surface area contributed by atoms with Gasteiger partial charge in [-0.2, -0.15) is 0 Å². The molecule has 0 aliphatic carbocycles. The summed E-state index contributed by atoms with van der Waals surface area (Å²) in [6, 6.07) is 8.82. The lowest BCUT2D eigenvalue weighted by molar-refractivity contribution is 0.527. The van der Waals surface area contributed by atoms with E-state index < -0.39 is 0 Å². The lowest BCUT2D eigenvalue weighted by Crippen LogP contribution is -2.19. The van der Waals surface area contributed by atoms with E-state index >= 15 is 0 Å². The van der Waals surface area contributed by atoms with Crippen LogP contribution in [0.4, 0.5) is 0 Å². The van der Waals surface area contributed by atoms with E-state index in [0.717, 1.165) is 23.2 Å². The summed E-state index contributed by atoms with van der Waals surface area (Å²) in [7, 11) is 0. The van der Waals surface area contributed by atoms with Crippen molar-refractivity contribution in [2.24, 2.45) is 0 Å². The van der Waals surface area contributed by atoms with Gasteiger partial charge < -0.3 is 9.73 Å². The first-order valence-corrected chi connectivity index (χ1v) is 8.47. The lowest BCUT2D eigenvalue weighted by atomic mass is 10.1. The number of benzene rings is 1. The van der Waals surface area contributed by atoms with Crippen molar-refractivity contribution in [3.8, 4) is 0 Å². The fraction of sp³-hybridized carbons (Fsp3) is 0.375. The molecule has 1 aromatic carbocycles. The van der Waals surface area contributed by atoms with Crippen LogP contribution < -0.4 is 5.32 Å². The van der Waals surface area contributed by atoms with E-state index in [9.17, 15) is 0 Å². The van der Waals surface area contributed by atoms with Crippen molar-refractivity contribution in [3.05, 3.63) is 46.3 Å². The third-order valence-electron chi connectivity index (χ3n) is 3.17. The molecule has 0 spiro atoms. The van der Waals surface area contributed by atoms with Gasteiger partial charge in [-0.15, -0.1) is 0 Å². The molecular formula is C16H20BrNOS. The van der Waals surface area contributed by atoms with E-state index in [2.05, 4.69) is 53.3 Å². The van der Waals surface area contributed by atoms with Crippen LogP contribution in [-0.2, 0) is 0 Å². The minimum Gasteiger partial charge on any atom is -0.468 e. The molecule has 2 nitrogen and oxygen atoms in total. The Morgan fingerprint density at radius 1 is 1.30 bits per heavy atom. The minimum absolute atomic E-state index is 0.335. The fourth-order valence-corrected chi connectivity index (χ4v) is 3.44. The van der Waals surface area contributed by atoms with Gasteiger partial charge in [0.15, 0.2) is 0 Å². The molecule has 0 radical (unpaired) electrons. The molecule has 0 aliphatic rings. The second kappa shape index (κ2) is 7.34. The smallest absolute Gasteiger partial charge is 0.114 e. The number of halogens is 1. The van der Waals surface area contributed by atoms with Crippen molar-refractivity contribution in [1.29, 1.82) is 0 Å². The van der Waals surface area contributed by atoms with Crippen LogP contribution >= 0.6 is 27.7 Å². The summed E-state index contributed by atoms with van der Waals surface area (Å²) in [6.07, 6.45) is 2.89. The first-order valence-electron chi connectivity index (χ1n) is 6.86. The van der Waals surface area contributed by atoms with Crippen LogP contribution in [0.2, 0.25) is 0 Å². The van der Waals surface area contributed by atoms with E-state index in [1.165, 1.54) is 15.4 Å². The van der Waals surface area contributed by atoms with Crippen LogP contribution in [0.15, 0.2) is 49.2 Å². The molecule has 2 aromatic rings.